The van der Waals surface area contributed by atoms with E-state index in [2.05, 4.69) is 101 Å². The average molecular weight is 429 g/mol. The Bertz CT molecular complexity index is 533. The van der Waals surface area contributed by atoms with Gasteiger partial charge in [0.15, 0.2) is 0 Å². The molecule has 0 aliphatic rings. The van der Waals surface area contributed by atoms with E-state index < -0.39 is 0 Å². The van der Waals surface area contributed by atoms with E-state index in [4.69, 9.17) is 0 Å². The van der Waals surface area contributed by atoms with Crippen molar-refractivity contribution in [2.24, 2.45) is 0 Å². The minimum atomic E-state index is 0.271. The normalized spacial score (nSPS) is 14.1. The van der Waals surface area contributed by atoms with E-state index in [0.29, 0.717) is 5.92 Å². The van der Waals surface area contributed by atoms with Crippen molar-refractivity contribution in [2.45, 2.75) is 31.0 Å². The number of hydrogen-bond donors (Lipinski definition) is 0. The summed E-state index contributed by atoms with van der Waals surface area (Å²) in [5.74, 6) is 0.639. The first-order valence-electron chi connectivity index (χ1n) is 6.61. The van der Waals surface area contributed by atoms with Gasteiger partial charge in [-0.15, -0.1) is 0 Å². The van der Waals surface area contributed by atoms with Crippen molar-refractivity contribution in [1.29, 1.82) is 0 Å². The molecule has 19 heavy (non-hydrogen) atoms. The van der Waals surface area contributed by atoms with E-state index in [1.54, 1.807) is 0 Å². The van der Waals surface area contributed by atoms with E-state index in [9.17, 15) is 0 Å². The van der Waals surface area contributed by atoms with Crippen LogP contribution in [0.25, 0.3) is 0 Å². The van der Waals surface area contributed by atoms with Crippen molar-refractivity contribution in [3.05, 3.63) is 68.8 Å². The zero-order chi connectivity index (χ0) is 13.8. The van der Waals surface area contributed by atoms with Crippen LogP contribution in [0.5, 0.6) is 0 Å². The Hall–Kier alpha value is -0.350. The van der Waals surface area contributed by atoms with Gasteiger partial charge < -0.3 is 0 Å². The van der Waals surface area contributed by atoms with Crippen LogP contribution in [0, 0.1) is 3.57 Å². The summed E-state index contributed by atoms with van der Waals surface area (Å²) in [5.41, 5.74) is 4.05. The molecule has 2 rings (SSSR count). The molecule has 0 fully saturated rings. The average Bonchev–Trinajstić information content (AvgIpc) is 2.46. The number of benzene rings is 2. The molecule has 0 aromatic heterocycles. The van der Waals surface area contributed by atoms with Gasteiger partial charge in [-0.05, 0) is 63.8 Å². The minimum absolute atomic E-state index is 0.271. The van der Waals surface area contributed by atoms with Gasteiger partial charge in [0.05, 0.1) is 4.83 Å². The fourth-order valence-electron chi connectivity index (χ4n) is 2.09. The van der Waals surface area contributed by atoms with Crippen molar-refractivity contribution in [1.82, 2.24) is 0 Å². The highest BCUT2D eigenvalue weighted by Crippen LogP contribution is 2.32. The van der Waals surface area contributed by atoms with Crippen LogP contribution in [-0.4, -0.2) is 0 Å². The van der Waals surface area contributed by atoms with Crippen LogP contribution >= 0.6 is 38.5 Å². The van der Waals surface area contributed by atoms with Gasteiger partial charge in [0.2, 0.25) is 0 Å². The van der Waals surface area contributed by atoms with Crippen molar-refractivity contribution in [3.8, 4) is 0 Å². The van der Waals surface area contributed by atoms with Gasteiger partial charge in [-0.2, -0.15) is 0 Å². The van der Waals surface area contributed by atoms with Gasteiger partial charge >= 0.3 is 0 Å². The summed E-state index contributed by atoms with van der Waals surface area (Å²) in [6.45, 7) is 4.51. The first-order valence-corrected chi connectivity index (χ1v) is 8.60. The third kappa shape index (κ3) is 3.82. The highest BCUT2D eigenvalue weighted by molar-refractivity contribution is 14.1. The molecule has 0 saturated carbocycles. The van der Waals surface area contributed by atoms with E-state index in [-0.39, 0.29) is 4.83 Å². The molecule has 0 aliphatic carbocycles. The molecule has 0 aliphatic heterocycles. The molecule has 0 spiro atoms. The van der Waals surface area contributed by atoms with Gasteiger partial charge in [-0.1, -0.05) is 66.2 Å². The van der Waals surface area contributed by atoms with Crippen LogP contribution in [0.3, 0.4) is 0 Å². The van der Waals surface area contributed by atoms with E-state index in [1.165, 1.54) is 26.7 Å². The first kappa shape index (κ1) is 15.0. The second-order valence-corrected chi connectivity index (χ2v) is 7.05. The van der Waals surface area contributed by atoms with Crippen molar-refractivity contribution < 1.29 is 0 Å². The summed E-state index contributed by atoms with van der Waals surface area (Å²) >= 11 is 6.16. The largest absolute Gasteiger partial charge is 0.0786 e. The molecular formula is C17H18BrI. The third-order valence-electron chi connectivity index (χ3n) is 3.55. The third-order valence-corrected chi connectivity index (χ3v) is 5.28. The van der Waals surface area contributed by atoms with Gasteiger partial charge in [-0.25, -0.2) is 0 Å². The molecule has 0 saturated heterocycles. The second kappa shape index (κ2) is 6.89. The molecule has 2 aromatic rings. The van der Waals surface area contributed by atoms with Crippen molar-refractivity contribution in [3.63, 3.8) is 0 Å². The molecule has 0 radical (unpaired) electrons. The summed E-state index contributed by atoms with van der Waals surface area (Å²) in [6.07, 6.45) is 1.19. The molecule has 2 atom stereocenters. The summed E-state index contributed by atoms with van der Waals surface area (Å²) in [5, 5.41) is 0. The Labute approximate surface area is 137 Å². The zero-order valence-corrected chi connectivity index (χ0v) is 15.0. The lowest BCUT2D eigenvalue weighted by atomic mass is 9.96. The summed E-state index contributed by atoms with van der Waals surface area (Å²) < 4.78 is 1.27. The predicted molar refractivity (Wildman–Crippen MR) is 95.1 cm³/mol. The summed E-state index contributed by atoms with van der Waals surface area (Å²) in [6, 6.07) is 17.6. The van der Waals surface area contributed by atoms with E-state index in [0.717, 1.165) is 0 Å². The highest BCUT2D eigenvalue weighted by Gasteiger charge is 2.11. The van der Waals surface area contributed by atoms with Gasteiger partial charge in [-0.3, -0.25) is 0 Å². The van der Waals surface area contributed by atoms with E-state index in [1.807, 2.05) is 0 Å². The minimum Gasteiger partial charge on any atom is -0.0786 e. The Kier molecular flexibility index (Phi) is 5.46. The number of alkyl halides is 1. The van der Waals surface area contributed by atoms with Gasteiger partial charge in [0.1, 0.15) is 0 Å². The number of rotatable bonds is 4. The maximum Gasteiger partial charge on any atom is 0.0645 e. The SMILES string of the molecule is CCC(C)c1ccc(C(Br)c2cccc(I)c2)cc1. The Morgan fingerprint density at radius 1 is 1.00 bits per heavy atom. The first-order chi connectivity index (χ1) is 9.11. The fraction of sp³-hybridized carbons (Fsp3) is 0.294. The molecule has 0 N–H and O–H groups in total. The van der Waals surface area contributed by atoms with Crippen LogP contribution in [0.4, 0.5) is 0 Å². The van der Waals surface area contributed by atoms with Gasteiger partial charge in [0.25, 0.3) is 0 Å². The highest BCUT2D eigenvalue weighted by atomic mass is 127. The smallest absolute Gasteiger partial charge is 0.0645 e. The van der Waals surface area contributed by atoms with Crippen molar-refractivity contribution >= 4 is 38.5 Å². The lowest BCUT2D eigenvalue weighted by Crippen LogP contribution is -1.95. The molecule has 2 aromatic carbocycles. The van der Waals surface area contributed by atoms with Crippen LogP contribution in [-0.2, 0) is 0 Å². The monoisotopic (exact) mass is 428 g/mol. The van der Waals surface area contributed by atoms with Crippen LogP contribution in [0.15, 0.2) is 48.5 Å². The molecular weight excluding hydrogens is 411 g/mol. The topological polar surface area (TPSA) is 0 Å². The zero-order valence-electron chi connectivity index (χ0n) is 11.2. The lowest BCUT2D eigenvalue weighted by molar-refractivity contribution is 0.733. The van der Waals surface area contributed by atoms with Crippen LogP contribution in [0.2, 0.25) is 0 Å². The summed E-state index contributed by atoms with van der Waals surface area (Å²) in [7, 11) is 0. The predicted octanol–water partition coefficient (Wildman–Crippen LogP) is 6.29. The molecule has 2 heteroatoms. The molecule has 0 heterocycles. The maximum atomic E-state index is 3.80. The Morgan fingerprint density at radius 2 is 1.63 bits per heavy atom. The molecule has 0 amide bonds. The van der Waals surface area contributed by atoms with Crippen molar-refractivity contribution in [2.75, 3.05) is 0 Å². The quantitative estimate of drug-likeness (QED) is 0.396. The Balaban J connectivity index is 2.22. The summed E-state index contributed by atoms with van der Waals surface area (Å²) in [4.78, 5) is 0.271. The van der Waals surface area contributed by atoms with Gasteiger partial charge in [0, 0.05) is 3.57 Å². The fourth-order valence-corrected chi connectivity index (χ4v) is 3.24. The maximum absolute atomic E-state index is 3.80. The molecule has 100 valence electrons. The van der Waals surface area contributed by atoms with Crippen LogP contribution in [0.1, 0.15) is 47.7 Å². The molecule has 0 bridgehead atoms. The van der Waals surface area contributed by atoms with Crippen LogP contribution < -0.4 is 0 Å². The lowest BCUT2D eigenvalue weighted by Gasteiger charge is -2.14. The molecule has 0 nitrogen and oxygen atoms in total. The molecule has 2 unspecified atom stereocenters. The number of halogens is 2. The second-order valence-electron chi connectivity index (χ2n) is 4.89. The number of hydrogen-bond acceptors (Lipinski definition) is 0. The standard InChI is InChI=1S/C17H18BrI/c1-3-12(2)13-7-9-14(10-8-13)17(18)15-5-4-6-16(19)11-15/h4-12,17H,3H2,1-2H3. The Morgan fingerprint density at radius 3 is 2.21 bits per heavy atom. The van der Waals surface area contributed by atoms with E-state index >= 15 is 0 Å².